The molecule has 0 atom stereocenters. The number of nitrogens with one attached hydrogen (secondary N) is 1. The molecule has 0 heterocycles. The van der Waals surface area contributed by atoms with Crippen molar-refractivity contribution in [3.63, 3.8) is 0 Å². The lowest BCUT2D eigenvalue weighted by Crippen LogP contribution is -2.37. The van der Waals surface area contributed by atoms with Gasteiger partial charge in [0.1, 0.15) is 12.4 Å². The molecule has 2 rings (SSSR count). The molecule has 0 aliphatic rings. The molecule has 0 spiro atoms. The van der Waals surface area contributed by atoms with Crippen LogP contribution in [0, 0.1) is 0 Å². The Morgan fingerprint density at radius 1 is 1.04 bits per heavy atom. The number of hydrogen-bond donors (Lipinski definition) is 1. The lowest BCUT2D eigenvalue weighted by molar-refractivity contribution is 0.110. The monoisotopic (exact) mass is 384 g/mol. The van der Waals surface area contributed by atoms with Crippen LogP contribution >= 0.6 is 0 Å². The number of anilines is 1. The Labute approximate surface area is 168 Å². The second kappa shape index (κ2) is 12.0. The van der Waals surface area contributed by atoms with E-state index in [1.165, 1.54) is 0 Å². The molecule has 5 heteroatoms. The van der Waals surface area contributed by atoms with Crippen molar-refractivity contribution < 1.29 is 14.3 Å². The maximum absolute atomic E-state index is 12.4. The van der Waals surface area contributed by atoms with E-state index in [2.05, 4.69) is 12.2 Å². The molecule has 0 aliphatic heterocycles. The number of urea groups is 1. The summed E-state index contributed by atoms with van der Waals surface area (Å²) < 4.78 is 11.2. The van der Waals surface area contributed by atoms with Crippen molar-refractivity contribution in [2.45, 2.75) is 33.1 Å². The van der Waals surface area contributed by atoms with E-state index in [-0.39, 0.29) is 6.03 Å². The van der Waals surface area contributed by atoms with Crippen LogP contribution in [-0.4, -0.2) is 39.4 Å². The van der Waals surface area contributed by atoms with Gasteiger partial charge in [0.05, 0.1) is 6.61 Å². The fourth-order valence-corrected chi connectivity index (χ4v) is 2.87. The maximum atomic E-state index is 12.4. The molecular formula is C23H32N2O3. The van der Waals surface area contributed by atoms with Crippen molar-refractivity contribution >= 4 is 11.7 Å². The average Bonchev–Trinajstić information content (AvgIpc) is 2.74. The number of hydrogen-bond acceptors (Lipinski definition) is 3. The van der Waals surface area contributed by atoms with Gasteiger partial charge in [-0.05, 0) is 37.1 Å². The third kappa shape index (κ3) is 6.57. The van der Waals surface area contributed by atoms with Gasteiger partial charge in [0.2, 0.25) is 0 Å². The minimum Gasteiger partial charge on any atom is -0.491 e. The second-order valence-corrected chi connectivity index (χ2v) is 6.59. The van der Waals surface area contributed by atoms with Crippen LogP contribution in [0.25, 0.3) is 11.1 Å². The van der Waals surface area contributed by atoms with Crippen LogP contribution in [0.2, 0.25) is 0 Å². The van der Waals surface area contributed by atoms with Gasteiger partial charge in [-0.15, -0.1) is 0 Å². The highest BCUT2D eigenvalue weighted by atomic mass is 16.5. The number of unbranched alkanes of at least 4 members (excludes halogenated alkanes) is 2. The van der Waals surface area contributed by atoms with E-state index < -0.39 is 0 Å². The van der Waals surface area contributed by atoms with Crippen molar-refractivity contribution in [1.82, 2.24) is 5.32 Å². The summed E-state index contributed by atoms with van der Waals surface area (Å²) >= 11 is 0. The first-order valence-electron chi connectivity index (χ1n) is 10.1. The number of ether oxygens (including phenoxy) is 2. The zero-order valence-electron chi connectivity index (χ0n) is 17.2. The summed E-state index contributed by atoms with van der Waals surface area (Å²) in [5, 5.41) is 2.97. The Morgan fingerprint density at radius 2 is 1.86 bits per heavy atom. The van der Waals surface area contributed by atoms with Gasteiger partial charge in [-0.2, -0.15) is 0 Å². The smallest absolute Gasteiger partial charge is 0.321 e. The van der Waals surface area contributed by atoms with E-state index in [1.54, 1.807) is 11.9 Å². The van der Waals surface area contributed by atoms with Gasteiger partial charge in [0.15, 0.2) is 0 Å². The summed E-state index contributed by atoms with van der Waals surface area (Å²) in [4.78, 5) is 14.0. The average molecular weight is 385 g/mol. The summed E-state index contributed by atoms with van der Waals surface area (Å²) in [5.74, 6) is 0.811. The number of benzene rings is 2. The maximum Gasteiger partial charge on any atom is 0.321 e. The van der Waals surface area contributed by atoms with E-state index in [0.717, 1.165) is 41.8 Å². The highest BCUT2D eigenvalue weighted by Crippen LogP contribution is 2.32. The molecule has 0 unspecified atom stereocenters. The summed E-state index contributed by atoms with van der Waals surface area (Å²) in [6.07, 6.45) is 3.27. The van der Waals surface area contributed by atoms with Gasteiger partial charge in [-0.1, -0.05) is 50.1 Å². The topological polar surface area (TPSA) is 50.8 Å². The molecule has 152 valence electrons. The number of carbonyl (C=O) groups excluding carboxylic acids is 1. The first kappa shape index (κ1) is 21.8. The van der Waals surface area contributed by atoms with Gasteiger partial charge in [0, 0.05) is 31.5 Å². The Morgan fingerprint density at radius 3 is 2.64 bits per heavy atom. The molecule has 2 aromatic rings. The first-order valence-corrected chi connectivity index (χ1v) is 10.1. The van der Waals surface area contributed by atoms with Crippen molar-refractivity contribution in [2.75, 3.05) is 38.3 Å². The molecule has 0 radical (unpaired) electrons. The van der Waals surface area contributed by atoms with E-state index in [0.29, 0.717) is 26.4 Å². The van der Waals surface area contributed by atoms with Crippen molar-refractivity contribution in [1.29, 1.82) is 0 Å². The molecule has 0 saturated carbocycles. The molecule has 0 fully saturated rings. The van der Waals surface area contributed by atoms with Crippen LogP contribution < -0.4 is 15.0 Å². The number of carbonyl (C=O) groups is 1. The molecule has 5 nitrogen and oxygen atoms in total. The number of rotatable bonds is 11. The molecule has 0 aliphatic carbocycles. The summed E-state index contributed by atoms with van der Waals surface area (Å²) in [7, 11) is 1.79. The predicted octanol–water partition coefficient (Wildman–Crippen LogP) is 5.10. The predicted molar refractivity (Wildman–Crippen MR) is 115 cm³/mol. The quantitative estimate of drug-likeness (QED) is 0.548. The minimum absolute atomic E-state index is 0.0884. The Bertz CT molecular complexity index is 733. The molecular weight excluding hydrogens is 352 g/mol. The number of amides is 2. The zero-order chi connectivity index (χ0) is 20.2. The molecule has 28 heavy (non-hydrogen) atoms. The van der Waals surface area contributed by atoms with Gasteiger partial charge >= 0.3 is 6.03 Å². The third-order valence-electron chi connectivity index (χ3n) is 4.48. The van der Waals surface area contributed by atoms with Gasteiger partial charge < -0.3 is 14.8 Å². The third-order valence-corrected chi connectivity index (χ3v) is 4.48. The molecule has 0 saturated heterocycles. The van der Waals surface area contributed by atoms with E-state index in [1.807, 2.05) is 55.5 Å². The van der Waals surface area contributed by atoms with Gasteiger partial charge in [-0.3, -0.25) is 4.90 Å². The van der Waals surface area contributed by atoms with Crippen LogP contribution in [0.15, 0.2) is 48.5 Å². The molecule has 1 N–H and O–H groups in total. The van der Waals surface area contributed by atoms with Crippen molar-refractivity contribution in [3.05, 3.63) is 48.5 Å². The Hall–Kier alpha value is -2.53. The fourth-order valence-electron chi connectivity index (χ4n) is 2.87. The summed E-state index contributed by atoms with van der Waals surface area (Å²) in [6.45, 7) is 6.57. The summed E-state index contributed by atoms with van der Waals surface area (Å²) in [5.41, 5.74) is 2.85. The van der Waals surface area contributed by atoms with Crippen molar-refractivity contribution in [2.24, 2.45) is 0 Å². The first-order chi connectivity index (χ1) is 13.7. The van der Waals surface area contributed by atoms with Crippen molar-refractivity contribution in [3.8, 4) is 16.9 Å². The second-order valence-electron chi connectivity index (χ2n) is 6.59. The minimum atomic E-state index is -0.0884. The van der Waals surface area contributed by atoms with Crippen LogP contribution in [0.5, 0.6) is 5.75 Å². The van der Waals surface area contributed by atoms with E-state index in [9.17, 15) is 4.79 Å². The molecule has 2 aromatic carbocycles. The van der Waals surface area contributed by atoms with Crippen LogP contribution in [0.1, 0.15) is 33.1 Å². The van der Waals surface area contributed by atoms with Crippen LogP contribution in [0.3, 0.4) is 0 Å². The summed E-state index contributed by atoms with van der Waals surface area (Å²) in [6, 6.07) is 15.8. The zero-order valence-corrected chi connectivity index (χ0v) is 17.2. The fraction of sp³-hybridized carbons (Fsp3) is 0.435. The number of para-hydroxylation sites is 1. The molecule has 0 aromatic heterocycles. The van der Waals surface area contributed by atoms with E-state index in [4.69, 9.17) is 9.47 Å². The molecule has 0 bridgehead atoms. The van der Waals surface area contributed by atoms with Crippen LogP contribution in [-0.2, 0) is 4.74 Å². The van der Waals surface area contributed by atoms with Crippen LogP contribution in [0.4, 0.5) is 10.5 Å². The normalized spacial score (nSPS) is 10.5. The highest BCUT2D eigenvalue weighted by molar-refractivity contribution is 5.92. The lowest BCUT2D eigenvalue weighted by Gasteiger charge is -2.19. The largest absolute Gasteiger partial charge is 0.491 e. The SMILES string of the molecule is CCCCCNC(=O)N(C)c1cccc(-c2ccccc2OCCOCC)c1. The van der Waals surface area contributed by atoms with Gasteiger partial charge in [-0.25, -0.2) is 4.79 Å². The van der Waals surface area contributed by atoms with Gasteiger partial charge in [0.25, 0.3) is 0 Å². The number of nitrogens with zero attached hydrogens (tertiary/aromatic N) is 1. The molecule has 2 amide bonds. The van der Waals surface area contributed by atoms with E-state index >= 15 is 0 Å². The Balaban J connectivity index is 2.09. The standard InChI is InChI=1S/C23H32N2O3/c1-4-6-9-15-24-23(26)25(3)20-12-10-11-19(18-20)21-13-7-8-14-22(21)28-17-16-27-5-2/h7-8,10-14,18H,4-6,9,15-17H2,1-3H3,(H,24,26). The Kier molecular flexibility index (Phi) is 9.35. The lowest BCUT2D eigenvalue weighted by atomic mass is 10.0. The highest BCUT2D eigenvalue weighted by Gasteiger charge is 2.12.